The van der Waals surface area contributed by atoms with Crippen LogP contribution in [0.1, 0.15) is 24.0 Å². The van der Waals surface area contributed by atoms with E-state index in [1.54, 1.807) is 0 Å². The van der Waals surface area contributed by atoms with Crippen LogP contribution in [0.4, 0.5) is 0 Å². The molecule has 0 N–H and O–H groups in total. The summed E-state index contributed by atoms with van der Waals surface area (Å²) < 4.78 is 0. The summed E-state index contributed by atoms with van der Waals surface area (Å²) in [6.45, 7) is 0. The first-order valence-electron chi connectivity index (χ1n) is 7.59. The standard InChI is InChI=1S/C20H22S2/c1-2-9-20(22-17-19-12-7-4-8-13-19)14-15-21-16-18-10-5-3-6-11-18/h1,3-8,10-13,20H,9,14-17H2/t20-/m1/s1. The molecule has 114 valence electrons. The first-order chi connectivity index (χ1) is 10.9. The summed E-state index contributed by atoms with van der Waals surface area (Å²) in [5.74, 6) is 6.14. The smallest absolute Gasteiger partial charge is 0.0206 e. The van der Waals surface area contributed by atoms with Crippen molar-refractivity contribution in [2.24, 2.45) is 0 Å². The summed E-state index contributed by atoms with van der Waals surface area (Å²) in [5, 5.41) is 0.563. The van der Waals surface area contributed by atoms with Crippen molar-refractivity contribution in [1.82, 2.24) is 0 Å². The van der Waals surface area contributed by atoms with Crippen molar-refractivity contribution < 1.29 is 0 Å². The van der Waals surface area contributed by atoms with Crippen LogP contribution in [0.15, 0.2) is 60.7 Å². The minimum atomic E-state index is 0.563. The second-order valence-corrected chi connectivity index (χ2v) is 7.55. The van der Waals surface area contributed by atoms with E-state index in [4.69, 9.17) is 6.42 Å². The van der Waals surface area contributed by atoms with Crippen LogP contribution >= 0.6 is 23.5 Å². The first kappa shape index (κ1) is 17.1. The molecule has 22 heavy (non-hydrogen) atoms. The molecule has 1 atom stereocenters. The fraction of sp³-hybridized carbons (Fsp3) is 0.300. The molecule has 0 unspecified atom stereocenters. The maximum absolute atomic E-state index is 5.52. The van der Waals surface area contributed by atoms with Crippen LogP contribution in [0.3, 0.4) is 0 Å². The van der Waals surface area contributed by atoms with Crippen LogP contribution in [0.5, 0.6) is 0 Å². The zero-order valence-electron chi connectivity index (χ0n) is 12.8. The second kappa shape index (κ2) is 10.4. The van der Waals surface area contributed by atoms with Crippen LogP contribution in [0.2, 0.25) is 0 Å². The lowest BCUT2D eigenvalue weighted by molar-refractivity contribution is 0.857. The minimum absolute atomic E-state index is 0.563. The van der Waals surface area contributed by atoms with Crippen LogP contribution in [0.25, 0.3) is 0 Å². The summed E-state index contributed by atoms with van der Waals surface area (Å²) in [5.41, 5.74) is 2.78. The second-order valence-electron chi connectivity index (χ2n) is 5.15. The molecule has 0 saturated heterocycles. The van der Waals surface area contributed by atoms with Gasteiger partial charge in [0.15, 0.2) is 0 Å². The van der Waals surface area contributed by atoms with Gasteiger partial charge in [0.1, 0.15) is 0 Å². The Labute approximate surface area is 143 Å². The van der Waals surface area contributed by atoms with E-state index < -0.39 is 0 Å². The number of thioether (sulfide) groups is 2. The van der Waals surface area contributed by atoms with E-state index in [-0.39, 0.29) is 0 Å². The number of rotatable bonds is 9. The quantitative estimate of drug-likeness (QED) is 0.432. The number of hydrogen-bond acceptors (Lipinski definition) is 2. The highest BCUT2D eigenvalue weighted by molar-refractivity contribution is 7.99. The molecule has 0 fully saturated rings. The Morgan fingerprint density at radius 1 is 0.864 bits per heavy atom. The molecular weight excluding hydrogens is 304 g/mol. The van der Waals surface area contributed by atoms with Crippen LogP contribution < -0.4 is 0 Å². The number of hydrogen-bond donors (Lipinski definition) is 0. The molecule has 0 spiro atoms. The van der Waals surface area contributed by atoms with E-state index in [1.807, 2.05) is 23.5 Å². The Bertz CT molecular complexity index is 557. The van der Waals surface area contributed by atoms with Crippen molar-refractivity contribution in [1.29, 1.82) is 0 Å². The van der Waals surface area contributed by atoms with Gasteiger partial charge in [0.2, 0.25) is 0 Å². The van der Waals surface area contributed by atoms with E-state index in [0.29, 0.717) is 5.25 Å². The SMILES string of the molecule is C#CC[C@H](CCSCc1ccccc1)SCc1ccccc1. The van der Waals surface area contributed by atoms with Gasteiger partial charge in [0.05, 0.1) is 0 Å². The topological polar surface area (TPSA) is 0 Å². The average Bonchev–Trinajstić information content (AvgIpc) is 2.58. The number of terminal acetylenes is 1. The van der Waals surface area contributed by atoms with Crippen molar-refractivity contribution in [3.05, 3.63) is 71.8 Å². The van der Waals surface area contributed by atoms with Crippen molar-refractivity contribution in [2.45, 2.75) is 29.6 Å². The third-order valence-electron chi connectivity index (χ3n) is 3.37. The third-order valence-corrected chi connectivity index (χ3v) is 5.81. The molecule has 2 rings (SSSR count). The van der Waals surface area contributed by atoms with Gasteiger partial charge in [0.25, 0.3) is 0 Å². The molecule has 2 aromatic carbocycles. The Balaban J connectivity index is 1.69. The molecule has 0 aliphatic rings. The molecule has 0 saturated carbocycles. The maximum Gasteiger partial charge on any atom is 0.0206 e. The average molecular weight is 327 g/mol. The van der Waals surface area contributed by atoms with Crippen molar-refractivity contribution >= 4 is 23.5 Å². The molecule has 0 heterocycles. The van der Waals surface area contributed by atoms with Gasteiger partial charge in [-0.15, -0.1) is 12.3 Å². The van der Waals surface area contributed by atoms with E-state index >= 15 is 0 Å². The highest BCUT2D eigenvalue weighted by atomic mass is 32.2. The zero-order valence-corrected chi connectivity index (χ0v) is 14.4. The summed E-state index contributed by atoms with van der Waals surface area (Å²) in [7, 11) is 0. The molecule has 0 amide bonds. The van der Waals surface area contributed by atoms with Gasteiger partial charge in [-0.25, -0.2) is 0 Å². The third kappa shape index (κ3) is 6.64. The predicted octanol–water partition coefficient (Wildman–Crippen LogP) is 5.64. The number of benzene rings is 2. The van der Waals surface area contributed by atoms with Gasteiger partial charge in [-0.3, -0.25) is 0 Å². The summed E-state index contributed by atoms with van der Waals surface area (Å²) in [4.78, 5) is 0. The van der Waals surface area contributed by atoms with Gasteiger partial charge in [0, 0.05) is 23.2 Å². The fourth-order valence-electron chi connectivity index (χ4n) is 2.14. The molecule has 0 aliphatic carbocycles. The van der Waals surface area contributed by atoms with E-state index in [2.05, 4.69) is 66.6 Å². The van der Waals surface area contributed by atoms with Crippen molar-refractivity contribution in [2.75, 3.05) is 5.75 Å². The summed E-state index contributed by atoms with van der Waals surface area (Å²) in [6, 6.07) is 21.3. The van der Waals surface area contributed by atoms with Gasteiger partial charge in [-0.2, -0.15) is 23.5 Å². The fourth-order valence-corrected chi connectivity index (χ4v) is 4.44. The van der Waals surface area contributed by atoms with Crippen molar-refractivity contribution in [3.8, 4) is 12.3 Å². The normalized spacial score (nSPS) is 11.8. The highest BCUT2D eigenvalue weighted by Gasteiger charge is 2.08. The Hall–Kier alpha value is -1.30. The maximum atomic E-state index is 5.52. The Morgan fingerprint density at radius 2 is 1.45 bits per heavy atom. The molecule has 0 aromatic heterocycles. The molecule has 0 bridgehead atoms. The van der Waals surface area contributed by atoms with Gasteiger partial charge < -0.3 is 0 Å². The minimum Gasteiger partial charge on any atom is -0.157 e. The van der Waals surface area contributed by atoms with Crippen LogP contribution in [0, 0.1) is 12.3 Å². The molecule has 2 heteroatoms. The van der Waals surface area contributed by atoms with Crippen molar-refractivity contribution in [3.63, 3.8) is 0 Å². The Morgan fingerprint density at radius 3 is 2.05 bits per heavy atom. The highest BCUT2D eigenvalue weighted by Crippen LogP contribution is 2.25. The van der Waals surface area contributed by atoms with Gasteiger partial charge in [-0.1, -0.05) is 60.7 Å². The molecule has 2 aromatic rings. The lowest BCUT2D eigenvalue weighted by Gasteiger charge is -2.14. The molecule has 0 aliphatic heterocycles. The van der Waals surface area contributed by atoms with Gasteiger partial charge in [-0.05, 0) is 23.3 Å². The predicted molar refractivity (Wildman–Crippen MR) is 102 cm³/mol. The summed E-state index contributed by atoms with van der Waals surface area (Å²) in [6.07, 6.45) is 7.57. The van der Waals surface area contributed by atoms with E-state index in [1.165, 1.54) is 23.3 Å². The van der Waals surface area contributed by atoms with E-state index in [9.17, 15) is 0 Å². The Kier molecular flexibility index (Phi) is 8.09. The van der Waals surface area contributed by atoms with E-state index in [0.717, 1.165) is 17.9 Å². The van der Waals surface area contributed by atoms with Crippen LogP contribution in [-0.2, 0) is 11.5 Å². The van der Waals surface area contributed by atoms with Crippen LogP contribution in [-0.4, -0.2) is 11.0 Å². The van der Waals surface area contributed by atoms with Gasteiger partial charge >= 0.3 is 0 Å². The lowest BCUT2D eigenvalue weighted by atomic mass is 10.2. The molecular formula is C20H22S2. The zero-order chi connectivity index (χ0) is 15.5. The monoisotopic (exact) mass is 326 g/mol. The molecule has 0 nitrogen and oxygen atoms in total. The first-order valence-corrected chi connectivity index (χ1v) is 9.79. The summed E-state index contributed by atoms with van der Waals surface area (Å²) >= 11 is 3.99. The lowest BCUT2D eigenvalue weighted by Crippen LogP contribution is -2.04. The molecule has 0 radical (unpaired) electrons. The largest absolute Gasteiger partial charge is 0.157 e.